The highest BCUT2D eigenvalue weighted by Gasteiger charge is 2.34. The molecule has 2 aromatic rings. The number of fused-ring (bicyclic) bond motifs is 1. The minimum Gasteiger partial charge on any atom is -0.381 e. The highest BCUT2D eigenvalue weighted by atomic mass is 19.4. The van der Waals surface area contributed by atoms with E-state index in [0.717, 1.165) is 23.0 Å². The number of halogens is 3. The van der Waals surface area contributed by atoms with E-state index in [-0.39, 0.29) is 18.0 Å². The number of alkyl halides is 3. The average molecular weight is 335 g/mol. The number of nitrogens with zero attached hydrogens (tertiary/aromatic N) is 2. The molecule has 1 aromatic carbocycles. The lowest BCUT2D eigenvalue weighted by Crippen LogP contribution is -2.21. The molecule has 0 atom stereocenters. The number of carbonyl (C=O) groups is 1. The lowest BCUT2D eigenvalue weighted by molar-refractivity contribution is -0.141. The molecule has 1 amide bonds. The molecule has 0 fully saturated rings. The van der Waals surface area contributed by atoms with E-state index < -0.39 is 11.9 Å². The number of rotatable bonds is 3. The van der Waals surface area contributed by atoms with Crippen LogP contribution in [0.25, 0.3) is 0 Å². The Morgan fingerprint density at radius 2 is 2.00 bits per heavy atom. The number of carbonyl (C=O) groups excluding carboxylic acids is 1. The van der Waals surface area contributed by atoms with Crippen LogP contribution in [0.3, 0.4) is 0 Å². The van der Waals surface area contributed by atoms with E-state index in [0.29, 0.717) is 13.1 Å². The molecule has 24 heavy (non-hydrogen) atoms. The van der Waals surface area contributed by atoms with Gasteiger partial charge in [-0.05, 0) is 29.3 Å². The van der Waals surface area contributed by atoms with Crippen LogP contribution in [0.1, 0.15) is 29.3 Å². The van der Waals surface area contributed by atoms with Gasteiger partial charge in [-0.25, -0.2) is 0 Å². The molecule has 1 aromatic heterocycles. The monoisotopic (exact) mass is 335 g/mol. The second kappa shape index (κ2) is 6.14. The molecule has 0 spiro atoms. The fourth-order valence-electron chi connectivity index (χ4n) is 2.76. The molecule has 1 N–H and O–H groups in total. The van der Waals surface area contributed by atoms with Crippen molar-refractivity contribution >= 4 is 11.6 Å². The molecule has 1 aliphatic rings. The first kappa shape index (κ1) is 16.3. The second-order valence-corrected chi connectivity index (χ2v) is 5.72. The Kier molecular flexibility index (Phi) is 4.17. The number of hydrogen-bond donors (Lipinski definition) is 1. The zero-order valence-electron chi connectivity index (χ0n) is 13.0. The molecule has 0 bridgehead atoms. The van der Waals surface area contributed by atoms with E-state index in [1.807, 2.05) is 18.2 Å². The molecular weight excluding hydrogens is 319 g/mol. The predicted octanol–water partition coefficient (Wildman–Crippen LogP) is 3.57. The number of hydrogen-bond acceptors (Lipinski definition) is 3. The summed E-state index contributed by atoms with van der Waals surface area (Å²) in [5, 5.41) is 3.00. The summed E-state index contributed by atoms with van der Waals surface area (Å²) < 4.78 is 38.8. The normalized spacial score (nSPS) is 13.8. The van der Waals surface area contributed by atoms with Crippen LogP contribution in [0.15, 0.2) is 36.5 Å². The zero-order valence-corrected chi connectivity index (χ0v) is 13.0. The number of nitrogens with one attached hydrogen (secondary N) is 1. The molecular formula is C17H16F3N3O. The summed E-state index contributed by atoms with van der Waals surface area (Å²) in [5.74, 6) is 0.00545. The molecule has 0 aliphatic carbocycles. The highest BCUT2D eigenvalue weighted by molar-refractivity contribution is 5.74. The van der Waals surface area contributed by atoms with Gasteiger partial charge in [-0.3, -0.25) is 9.78 Å². The number of anilines is 1. The van der Waals surface area contributed by atoms with E-state index in [4.69, 9.17) is 0 Å². The van der Waals surface area contributed by atoms with Crippen LogP contribution < -0.4 is 5.32 Å². The lowest BCUT2D eigenvalue weighted by Gasteiger charge is -2.13. The second-order valence-electron chi connectivity index (χ2n) is 5.72. The van der Waals surface area contributed by atoms with Crippen molar-refractivity contribution in [1.29, 1.82) is 0 Å². The molecule has 2 heterocycles. The van der Waals surface area contributed by atoms with E-state index in [2.05, 4.69) is 10.3 Å². The van der Waals surface area contributed by atoms with Gasteiger partial charge < -0.3 is 10.2 Å². The topological polar surface area (TPSA) is 45.2 Å². The zero-order chi connectivity index (χ0) is 17.3. The van der Waals surface area contributed by atoms with Crippen molar-refractivity contribution in [3.05, 3.63) is 58.9 Å². The maximum atomic E-state index is 12.9. The van der Waals surface area contributed by atoms with Crippen molar-refractivity contribution in [2.75, 3.05) is 5.32 Å². The van der Waals surface area contributed by atoms with E-state index in [1.54, 1.807) is 4.90 Å². The lowest BCUT2D eigenvalue weighted by atomic mass is 10.1. The highest BCUT2D eigenvalue weighted by Crippen LogP contribution is 2.31. The van der Waals surface area contributed by atoms with Gasteiger partial charge in [-0.1, -0.05) is 12.1 Å². The Balaban J connectivity index is 1.74. The quantitative estimate of drug-likeness (QED) is 0.933. The SMILES string of the molecule is CC(=O)N1Cc2ccc(NCc3cccnc3C(F)(F)F)cc2C1. The molecule has 0 saturated carbocycles. The predicted molar refractivity (Wildman–Crippen MR) is 82.9 cm³/mol. The van der Waals surface area contributed by atoms with Crippen molar-refractivity contribution < 1.29 is 18.0 Å². The third-order valence-electron chi connectivity index (χ3n) is 4.02. The molecule has 1 aliphatic heterocycles. The van der Waals surface area contributed by atoms with Gasteiger partial charge in [0.05, 0.1) is 0 Å². The summed E-state index contributed by atoms with van der Waals surface area (Å²) in [6.45, 7) is 2.65. The number of pyridine rings is 1. The van der Waals surface area contributed by atoms with Crippen LogP contribution in [0.4, 0.5) is 18.9 Å². The Morgan fingerprint density at radius 1 is 1.25 bits per heavy atom. The summed E-state index contributed by atoms with van der Waals surface area (Å²) in [5.41, 5.74) is 2.01. The van der Waals surface area contributed by atoms with Crippen LogP contribution in [0, 0.1) is 0 Å². The molecule has 7 heteroatoms. The summed E-state index contributed by atoms with van der Waals surface area (Å²) in [6.07, 6.45) is -3.34. The van der Waals surface area contributed by atoms with E-state index in [9.17, 15) is 18.0 Å². The minimum atomic E-state index is -4.47. The first-order valence-corrected chi connectivity index (χ1v) is 7.47. The molecule has 3 rings (SSSR count). The molecule has 4 nitrogen and oxygen atoms in total. The van der Waals surface area contributed by atoms with Gasteiger partial charge in [0.25, 0.3) is 0 Å². The molecule has 126 valence electrons. The number of amides is 1. The maximum Gasteiger partial charge on any atom is 0.433 e. The fourth-order valence-corrected chi connectivity index (χ4v) is 2.76. The number of benzene rings is 1. The smallest absolute Gasteiger partial charge is 0.381 e. The van der Waals surface area contributed by atoms with Gasteiger partial charge in [0.1, 0.15) is 5.69 Å². The van der Waals surface area contributed by atoms with E-state index in [1.165, 1.54) is 19.1 Å². The van der Waals surface area contributed by atoms with Gasteiger partial charge in [0.15, 0.2) is 0 Å². The van der Waals surface area contributed by atoms with Gasteiger partial charge in [-0.2, -0.15) is 13.2 Å². The summed E-state index contributed by atoms with van der Waals surface area (Å²) in [4.78, 5) is 16.6. The largest absolute Gasteiger partial charge is 0.433 e. The van der Waals surface area contributed by atoms with Crippen LogP contribution in [-0.4, -0.2) is 15.8 Å². The molecule has 0 radical (unpaired) electrons. The molecule has 0 unspecified atom stereocenters. The minimum absolute atomic E-state index is 0.00545. The van der Waals surface area contributed by atoms with Crippen molar-refractivity contribution in [3.8, 4) is 0 Å². The maximum absolute atomic E-state index is 12.9. The Bertz CT molecular complexity index is 774. The first-order chi connectivity index (χ1) is 11.3. The van der Waals surface area contributed by atoms with Crippen molar-refractivity contribution in [3.63, 3.8) is 0 Å². The summed E-state index contributed by atoms with van der Waals surface area (Å²) in [7, 11) is 0. The fraction of sp³-hybridized carbons (Fsp3) is 0.294. The van der Waals surface area contributed by atoms with Crippen LogP contribution in [-0.2, 0) is 30.6 Å². The number of aromatic nitrogens is 1. The van der Waals surface area contributed by atoms with Crippen LogP contribution in [0.2, 0.25) is 0 Å². The summed E-state index contributed by atoms with van der Waals surface area (Å²) in [6, 6.07) is 8.48. The third-order valence-corrected chi connectivity index (χ3v) is 4.02. The van der Waals surface area contributed by atoms with Gasteiger partial charge in [0.2, 0.25) is 5.91 Å². The molecule has 0 saturated heterocycles. The van der Waals surface area contributed by atoms with E-state index >= 15 is 0 Å². The van der Waals surface area contributed by atoms with Crippen molar-refractivity contribution in [2.24, 2.45) is 0 Å². The first-order valence-electron chi connectivity index (χ1n) is 7.47. The summed E-state index contributed by atoms with van der Waals surface area (Å²) >= 11 is 0. The third kappa shape index (κ3) is 3.34. The average Bonchev–Trinajstić information content (AvgIpc) is 2.96. The van der Waals surface area contributed by atoms with Crippen LogP contribution >= 0.6 is 0 Å². The van der Waals surface area contributed by atoms with Gasteiger partial charge >= 0.3 is 6.18 Å². The van der Waals surface area contributed by atoms with Gasteiger partial charge in [0, 0.05) is 44.0 Å². The van der Waals surface area contributed by atoms with Gasteiger partial charge in [-0.15, -0.1) is 0 Å². The Labute approximate surface area is 137 Å². The Hall–Kier alpha value is -2.57. The van der Waals surface area contributed by atoms with Crippen molar-refractivity contribution in [2.45, 2.75) is 32.7 Å². The standard InChI is InChI=1S/C17H16F3N3O/c1-11(24)23-9-13-4-5-15(7-14(13)10-23)22-8-12-3-2-6-21-16(12)17(18,19)20/h2-7,22H,8-10H2,1H3. The van der Waals surface area contributed by atoms with Crippen molar-refractivity contribution in [1.82, 2.24) is 9.88 Å². The van der Waals surface area contributed by atoms with Crippen LogP contribution in [0.5, 0.6) is 0 Å². The Morgan fingerprint density at radius 3 is 2.71 bits per heavy atom.